The average molecular weight is 385 g/mol. The topological polar surface area (TPSA) is 101 Å². The summed E-state index contributed by atoms with van der Waals surface area (Å²) in [6.07, 6.45) is 0. The maximum atomic E-state index is 12.8. The Morgan fingerprint density at radius 3 is 2.41 bits per heavy atom. The molecule has 138 valence electrons. The molecule has 8 heteroatoms. The van der Waals surface area contributed by atoms with E-state index in [0.717, 1.165) is 10.5 Å². The Balaban J connectivity index is 2.06. The van der Waals surface area contributed by atoms with Crippen molar-refractivity contribution >= 4 is 29.0 Å². The SMILES string of the molecule is CN(C(=O)c1ccccc1Cl)c1c(N)n(Cc2ccccc2)c(=O)[nH]c1=O. The molecule has 3 aromatic rings. The first-order chi connectivity index (χ1) is 12.9. The summed E-state index contributed by atoms with van der Waals surface area (Å²) in [5, 5.41) is 0.252. The number of hydrogen-bond acceptors (Lipinski definition) is 4. The van der Waals surface area contributed by atoms with E-state index in [0.29, 0.717) is 0 Å². The zero-order valence-electron chi connectivity index (χ0n) is 14.5. The number of carbonyl (C=O) groups excluding carboxylic acids is 1. The maximum absolute atomic E-state index is 12.8. The molecule has 0 aliphatic heterocycles. The lowest BCUT2D eigenvalue weighted by atomic mass is 10.2. The van der Waals surface area contributed by atoms with Crippen LogP contribution in [0.25, 0.3) is 0 Å². The van der Waals surface area contributed by atoms with Gasteiger partial charge in [0.25, 0.3) is 11.5 Å². The molecule has 7 nitrogen and oxygen atoms in total. The van der Waals surface area contributed by atoms with Crippen LogP contribution in [0.4, 0.5) is 11.5 Å². The highest BCUT2D eigenvalue weighted by molar-refractivity contribution is 6.34. The van der Waals surface area contributed by atoms with Gasteiger partial charge in [-0.25, -0.2) is 4.79 Å². The molecule has 0 fully saturated rings. The monoisotopic (exact) mass is 384 g/mol. The van der Waals surface area contributed by atoms with Crippen molar-refractivity contribution in [2.24, 2.45) is 0 Å². The van der Waals surface area contributed by atoms with Crippen LogP contribution in [0.3, 0.4) is 0 Å². The molecule has 0 atom stereocenters. The van der Waals surface area contributed by atoms with E-state index in [1.807, 2.05) is 30.3 Å². The summed E-state index contributed by atoms with van der Waals surface area (Å²) in [7, 11) is 1.41. The number of carbonyl (C=O) groups is 1. The van der Waals surface area contributed by atoms with E-state index in [9.17, 15) is 14.4 Å². The van der Waals surface area contributed by atoms with Gasteiger partial charge in [0, 0.05) is 7.05 Å². The van der Waals surface area contributed by atoms with Gasteiger partial charge >= 0.3 is 5.69 Å². The van der Waals surface area contributed by atoms with Gasteiger partial charge in [0.15, 0.2) is 5.69 Å². The fraction of sp³-hybridized carbons (Fsp3) is 0.105. The number of nitrogen functional groups attached to an aromatic ring is 1. The number of halogens is 1. The summed E-state index contributed by atoms with van der Waals surface area (Å²) in [5.74, 6) is -0.613. The van der Waals surface area contributed by atoms with Crippen LogP contribution in [-0.4, -0.2) is 22.5 Å². The quantitative estimate of drug-likeness (QED) is 0.719. The minimum Gasteiger partial charge on any atom is -0.383 e. The number of benzene rings is 2. The van der Waals surface area contributed by atoms with Gasteiger partial charge in [0.2, 0.25) is 0 Å². The standard InChI is InChI=1S/C19H17ClN4O3/c1-23(18(26)13-9-5-6-10-14(13)20)15-16(21)24(19(27)22-17(15)25)11-12-7-3-2-4-8-12/h2-10H,11,21H2,1H3,(H,22,25,27). The Morgan fingerprint density at radius 2 is 1.74 bits per heavy atom. The number of anilines is 2. The molecule has 27 heavy (non-hydrogen) atoms. The molecule has 0 radical (unpaired) electrons. The van der Waals surface area contributed by atoms with Crippen LogP contribution >= 0.6 is 11.6 Å². The van der Waals surface area contributed by atoms with Crippen LogP contribution in [0.15, 0.2) is 64.2 Å². The molecule has 0 aliphatic carbocycles. The van der Waals surface area contributed by atoms with Crippen molar-refractivity contribution < 1.29 is 4.79 Å². The lowest BCUT2D eigenvalue weighted by molar-refractivity contribution is 0.0993. The Labute approximate surface area is 159 Å². The normalized spacial score (nSPS) is 10.6. The molecule has 1 aromatic heterocycles. The van der Waals surface area contributed by atoms with Crippen LogP contribution < -0.4 is 21.9 Å². The molecular formula is C19H17ClN4O3. The minimum atomic E-state index is -0.746. The van der Waals surface area contributed by atoms with Crippen molar-refractivity contribution in [3.8, 4) is 0 Å². The van der Waals surface area contributed by atoms with Crippen molar-refractivity contribution in [1.82, 2.24) is 9.55 Å². The third-order valence-electron chi connectivity index (χ3n) is 4.14. The molecular weight excluding hydrogens is 368 g/mol. The Bertz CT molecular complexity index is 1110. The number of H-pyrrole nitrogens is 1. The minimum absolute atomic E-state index is 0.101. The molecule has 0 saturated heterocycles. The summed E-state index contributed by atoms with van der Waals surface area (Å²) in [6, 6.07) is 15.6. The molecule has 0 saturated carbocycles. The predicted molar refractivity (Wildman–Crippen MR) is 105 cm³/mol. The fourth-order valence-electron chi connectivity index (χ4n) is 2.74. The van der Waals surface area contributed by atoms with Crippen LogP contribution in [0.1, 0.15) is 15.9 Å². The van der Waals surface area contributed by atoms with Crippen molar-refractivity contribution in [2.45, 2.75) is 6.54 Å². The summed E-state index contributed by atoms with van der Waals surface area (Å²) < 4.78 is 1.21. The van der Waals surface area contributed by atoms with E-state index < -0.39 is 17.2 Å². The summed E-state index contributed by atoms with van der Waals surface area (Å²) in [5.41, 5.74) is 5.64. The molecule has 1 amide bonds. The summed E-state index contributed by atoms with van der Waals surface area (Å²) in [4.78, 5) is 40.7. The van der Waals surface area contributed by atoms with E-state index in [2.05, 4.69) is 4.98 Å². The Morgan fingerprint density at radius 1 is 1.11 bits per heavy atom. The number of rotatable bonds is 4. The zero-order valence-corrected chi connectivity index (χ0v) is 15.2. The van der Waals surface area contributed by atoms with Crippen LogP contribution in [-0.2, 0) is 6.54 Å². The van der Waals surface area contributed by atoms with Gasteiger partial charge < -0.3 is 10.6 Å². The predicted octanol–water partition coefficient (Wildman–Crippen LogP) is 2.10. The molecule has 0 spiro atoms. The summed E-state index contributed by atoms with van der Waals surface area (Å²) >= 11 is 6.07. The molecule has 3 N–H and O–H groups in total. The smallest absolute Gasteiger partial charge is 0.330 e. The molecule has 0 unspecified atom stereocenters. The number of aromatic nitrogens is 2. The largest absolute Gasteiger partial charge is 0.383 e. The highest BCUT2D eigenvalue weighted by Crippen LogP contribution is 2.22. The Hall–Kier alpha value is -3.32. The lowest BCUT2D eigenvalue weighted by Gasteiger charge is -2.21. The number of nitrogens with two attached hydrogens (primary N) is 1. The van der Waals surface area contributed by atoms with Gasteiger partial charge in [-0.2, -0.15) is 0 Å². The van der Waals surface area contributed by atoms with Gasteiger partial charge in [0.1, 0.15) is 5.82 Å². The molecule has 2 aromatic carbocycles. The zero-order chi connectivity index (χ0) is 19.6. The number of aromatic amines is 1. The molecule has 0 bridgehead atoms. The first-order valence-corrected chi connectivity index (χ1v) is 8.47. The van der Waals surface area contributed by atoms with E-state index in [1.54, 1.807) is 24.3 Å². The van der Waals surface area contributed by atoms with Gasteiger partial charge in [-0.1, -0.05) is 54.1 Å². The first kappa shape index (κ1) is 18.5. The third kappa shape index (κ3) is 3.63. The van der Waals surface area contributed by atoms with Crippen LogP contribution in [0, 0.1) is 0 Å². The van der Waals surface area contributed by atoms with E-state index >= 15 is 0 Å². The number of nitrogens with zero attached hydrogens (tertiary/aromatic N) is 2. The summed E-state index contributed by atoms with van der Waals surface area (Å²) in [6.45, 7) is 0.156. The first-order valence-electron chi connectivity index (χ1n) is 8.09. The van der Waals surface area contributed by atoms with E-state index in [4.69, 9.17) is 17.3 Å². The van der Waals surface area contributed by atoms with Gasteiger partial charge in [-0.05, 0) is 17.7 Å². The van der Waals surface area contributed by atoms with Crippen LogP contribution in [0.2, 0.25) is 5.02 Å². The maximum Gasteiger partial charge on any atom is 0.330 e. The second kappa shape index (κ2) is 7.51. The Kier molecular flexibility index (Phi) is 5.14. The second-order valence-corrected chi connectivity index (χ2v) is 6.32. The van der Waals surface area contributed by atoms with Crippen molar-refractivity contribution in [3.63, 3.8) is 0 Å². The van der Waals surface area contributed by atoms with Crippen LogP contribution in [0.5, 0.6) is 0 Å². The molecule has 3 rings (SSSR count). The van der Waals surface area contributed by atoms with Crippen molar-refractivity contribution in [2.75, 3.05) is 17.7 Å². The average Bonchev–Trinajstić information content (AvgIpc) is 2.65. The van der Waals surface area contributed by atoms with Gasteiger partial charge in [-0.15, -0.1) is 0 Å². The lowest BCUT2D eigenvalue weighted by Crippen LogP contribution is -2.39. The highest BCUT2D eigenvalue weighted by Gasteiger charge is 2.23. The number of nitrogens with one attached hydrogen (secondary N) is 1. The third-order valence-corrected chi connectivity index (χ3v) is 4.47. The fourth-order valence-corrected chi connectivity index (χ4v) is 2.96. The van der Waals surface area contributed by atoms with Gasteiger partial charge in [-0.3, -0.25) is 19.1 Å². The number of amides is 1. The van der Waals surface area contributed by atoms with E-state index in [-0.39, 0.29) is 28.6 Å². The molecule has 1 heterocycles. The molecule has 0 aliphatic rings. The van der Waals surface area contributed by atoms with E-state index in [1.165, 1.54) is 11.6 Å². The van der Waals surface area contributed by atoms with Crippen molar-refractivity contribution in [3.05, 3.63) is 91.6 Å². The van der Waals surface area contributed by atoms with Gasteiger partial charge in [0.05, 0.1) is 17.1 Å². The number of hydrogen-bond donors (Lipinski definition) is 2. The highest BCUT2D eigenvalue weighted by atomic mass is 35.5. The second-order valence-electron chi connectivity index (χ2n) is 5.91. The van der Waals surface area contributed by atoms with Crippen molar-refractivity contribution in [1.29, 1.82) is 0 Å².